The number of aromatic nitrogens is 1. The van der Waals surface area contributed by atoms with Crippen molar-refractivity contribution in [2.24, 2.45) is 5.92 Å². The molecular formula is C11H15NO. The molecule has 0 aromatic carbocycles. The van der Waals surface area contributed by atoms with E-state index in [-0.39, 0.29) is 5.75 Å². The number of pyridine rings is 1. The summed E-state index contributed by atoms with van der Waals surface area (Å²) in [6, 6.07) is 3.61. The van der Waals surface area contributed by atoms with Gasteiger partial charge in [-0.15, -0.1) is 0 Å². The lowest BCUT2D eigenvalue weighted by Crippen LogP contribution is -1.89. The molecule has 0 radical (unpaired) electrons. The smallest absolute Gasteiger partial charge is 0.133 e. The summed E-state index contributed by atoms with van der Waals surface area (Å²) in [5.41, 5.74) is 1.10. The third-order valence-corrected chi connectivity index (χ3v) is 2.55. The summed E-state index contributed by atoms with van der Waals surface area (Å²) in [6.07, 6.45) is 8.03. The van der Waals surface area contributed by atoms with Gasteiger partial charge in [-0.1, -0.05) is 19.3 Å². The van der Waals surface area contributed by atoms with E-state index in [1.54, 1.807) is 6.07 Å². The average Bonchev–Trinajstić information content (AvgIpc) is 2.92. The van der Waals surface area contributed by atoms with Gasteiger partial charge in [-0.2, -0.15) is 0 Å². The molecule has 0 saturated heterocycles. The quantitative estimate of drug-likeness (QED) is 0.766. The van der Waals surface area contributed by atoms with Crippen LogP contribution in [0.3, 0.4) is 0 Å². The first-order valence-corrected chi connectivity index (χ1v) is 4.98. The second kappa shape index (κ2) is 3.77. The predicted molar refractivity (Wildman–Crippen MR) is 51.6 cm³/mol. The van der Waals surface area contributed by atoms with Gasteiger partial charge in [0.15, 0.2) is 0 Å². The van der Waals surface area contributed by atoms with Gasteiger partial charge < -0.3 is 5.11 Å². The van der Waals surface area contributed by atoms with E-state index in [2.05, 4.69) is 4.98 Å². The lowest BCUT2D eigenvalue weighted by Gasteiger charge is -1.99. The van der Waals surface area contributed by atoms with Crippen molar-refractivity contribution in [2.75, 3.05) is 0 Å². The van der Waals surface area contributed by atoms with Gasteiger partial charge in [0, 0.05) is 5.69 Å². The highest BCUT2D eigenvalue weighted by Gasteiger charge is 2.20. The van der Waals surface area contributed by atoms with Crippen LogP contribution in [0.25, 0.3) is 0 Å². The molecule has 0 amide bonds. The molecule has 1 heterocycles. The Bertz CT molecular complexity index is 264. The summed E-state index contributed by atoms with van der Waals surface area (Å²) in [5, 5.41) is 9.02. The maximum Gasteiger partial charge on any atom is 0.133 e. The molecule has 0 unspecified atom stereocenters. The Morgan fingerprint density at radius 3 is 2.85 bits per heavy atom. The largest absolute Gasteiger partial charge is 0.506 e. The first-order chi connectivity index (χ1) is 6.34. The predicted octanol–water partition coefficient (Wildman–Crippen LogP) is 2.52. The SMILES string of the molecule is Oc1ccc(CCCC2CC2)nc1. The monoisotopic (exact) mass is 177 g/mol. The molecule has 1 aliphatic carbocycles. The number of rotatable bonds is 4. The van der Waals surface area contributed by atoms with Crippen molar-refractivity contribution in [3.05, 3.63) is 24.0 Å². The van der Waals surface area contributed by atoms with Crippen LogP contribution in [0.5, 0.6) is 5.75 Å². The van der Waals surface area contributed by atoms with E-state index in [1.807, 2.05) is 6.07 Å². The summed E-state index contributed by atoms with van der Waals surface area (Å²) in [5.74, 6) is 1.27. The Morgan fingerprint density at radius 1 is 1.38 bits per heavy atom. The fourth-order valence-corrected chi connectivity index (χ4v) is 1.54. The van der Waals surface area contributed by atoms with E-state index >= 15 is 0 Å². The maximum absolute atomic E-state index is 9.02. The van der Waals surface area contributed by atoms with Crippen molar-refractivity contribution in [1.82, 2.24) is 4.98 Å². The molecule has 1 aliphatic rings. The van der Waals surface area contributed by atoms with Gasteiger partial charge in [0.25, 0.3) is 0 Å². The third kappa shape index (κ3) is 2.72. The van der Waals surface area contributed by atoms with Crippen LogP contribution in [0.1, 0.15) is 31.4 Å². The summed E-state index contributed by atoms with van der Waals surface area (Å²) in [7, 11) is 0. The third-order valence-electron chi connectivity index (χ3n) is 2.55. The second-order valence-corrected chi connectivity index (χ2v) is 3.84. The molecule has 2 heteroatoms. The van der Waals surface area contributed by atoms with E-state index < -0.39 is 0 Å². The van der Waals surface area contributed by atoms with Crippen LogP contribution >= 0.6 is 0 Å². The minimum Gasteiger partial charge on any atom is -0.506 e. The highest BCUT2D eigenvalue weighted by atomic mass is 16.3. The van der Waals surface area contributed by atoms with Crippen LogP contribution in [-0.2, 0) is 6.42 Å². The zero-order valence-electron chi connectivity index (χ0n) is 7.74. The van der Waals surface area contributed by atoms with Crippen molar-refractivity contribution < 1.29 is 5.11 Å². The van der Waals surface area contributed by atoms with Crippen molar-refractivity contribution in [3.63, 3.8) is 0 Å². The molecule has 1 saturated carbocycles. The van der Waals surface area contributed by atoms with Crippen LogP contribution in [-0.4, -0.2) is 10.1 Å². The number of nitrogens with zero attached hydrogens (tertiary/aromatic N) is 1. The van der Waals surface area contributed by atoms with Gasteiger partial charge in [0.1, 0.15) is 5.75 Å². The summed E-state index contributed by atoms with van der Waals surface area (Å²) < 4.78 is 0. The number of aromatic hydroxyl groups is 1. The molecular weight excluding hydrogens is 162 g/mol. The van der Waals surface area contributed by atoms with E-state index in [1.165, 1.54) is 31.9 Å². The molecule has 1 aromatic heterocycles. The maximum atomic E-state index is 9.02. The first-order valence-electron chi connectivity index (χ1n) is 4.98. The fourth-order valence-electron chi connectivity index (χ4n) is 1.54. The van der Waals surface area contributed by atoms with Crippen LogP contribution in [0.15, 0.2) is 18.3 Å². The van der Waals surface area contributed by atoms with Gasteiger partial charge in [0.05, 0.1) is 6.20 Å². The minimum atomic E-state index is 0.256. The average molecular weight is 177 g/mol. The minimum absolute atomic E-state index is 0.256. The molecule has 13 heavy (non-hydrogen) atoms. The molecule has 1 aromatic rings. The Morgan fingerprint density at radius 2 is 2.23 bits per heavy atom. The molecule has 70 valence electrons. The highest BCUT2D eigenvalue weighted by Crippen LogP contribution is 2.33. The lowest BCUT2D eigenvalue weighted by molar-refractivity contribution is 0.472. The standard InChI is InChI=1S/C11H15NO/c13-11-7-6-10(12-8-11)3-1-2-9-4-5-9/h6-9,13H,1-5H2. The normalized spacial score (nSPS) is 16.0. The molecule has 1 fully saturated rings. The summed E-state index contributed by atoms with van der Waals surface area (Å²) in [6.45, 7) is 0. The van der Waals surface area contributed by atoms with Crippen molar-refractivity contribution >= 4 is 0 Å². The van der Waals surface area contributed by atoms with Gasteiger partial charge in [-0.25, -0.2) is 0 Å². The van der Waals surface area contributed by atoms with Crippen LogP contribution in [0.2, 0.25) is 0 Å². The van der Waals surface area contributed by atoms with E-state index in [0.29, 0.717) is 0 Å². The van der Waals surface area contributed by atoms with Gasteiger partial charge in [-0.05, 0) is 30.9 Å². The number of aryl methyl sites for hydroxylation is 1. The topological polar surface area (TPSA) is 33.1 Å². The Hall–Kier alpha value is -1.05. The van der Waals surface area contributed by atoms with E-state index in [9.17, 15) is 0 Å². The van der Waals surface area contributed by atoms with Gasteiger partial charge >= 0.3 is 0 Å². The van der Waals surface area contributed by atoms with E-state index in [4.69, 9.17) is 5.11 Å². The summed E-state index contributed by atoms with van der Waals surface area (Å²) >= 11 is 0. The van der Waals surface area contributed by atoms with Crippen molar-refractivity contribution in [2.45, 2.75) is 32.1 Å². The molecule has 0 aliphatic heterocycles. The van der Waals surface area contributed by atoms with Crippen molar-refractivity contribution in [1.29, 1.82) is 0 Å². The Balaban J connectivity index is 1.76. The molecule has 0 bridgehead atoms. The Kier molecular flexibility index (Phi) is 2.48. The summed E-state index contributed by atoms with van der Waals surface area (Å²) in [4.78, 5) is 4.15. The molecule has 1 N–H and O–H groups in total. The van der Waals surface area contributed by atoms with Crippen LogP contribution in [0, 0.1) is 5.92 Å². The Labute approximate surface area is 78.6 Å². The zero-order valence-corrected chi connectivity index (χ0v) is 7.74. The van der Waals surface area contributed by atoms with Crippen LogP contribution < -0.4 is 0 Å². The number of hydrogen-bond donors (Lipinski definition) is 1. The van der Waals surface area contributed by atoms with Gasteiger partial charge in [0.2, 0.25) is 0 Å². The molecule has 2 nitrogen and oxygen atoms in total. The molecule has 2 rings (SSSR count). The molecule has 0 atom stereocenters. The number of hydrogen-bond acceptors (Lipinski definition) is 2. The van der Waals surface area contributed by atoms with Gasteiger partial charge in [-0.3, -0.25) is 4.98 Å². The highest BCUT2D eigenvalue weighted by molar-refractivity contribution is 5.17. The van der Waals surface area contributed by atoms with Crippen LogP contribution in [0.4, 0.5) is 0 Å². The van der Waals surface area contributed by atoms with Crippen molar-refractivity contribution in [3.8, 4) is 5.75 Å². The molecule has 0 spiro atoms. The van der Waals surface area contributed by atoms with E-state index in [0.717, 1.165) is 18.0 Å². The zero-order chi connectivity index (χ0) is 9.10. The fraction of sp³-hybridized carbons (Fsp3) is 0.545. The second-order valence-electron chi connectivity index (χ2n) is 3.84. The first kappa shape index (κ1) is 8.54. The lowest BCUT2D eigenvalue weighted by atomic mass is 10.1.